The van der Waals surface area contributed by atoms with Crippen molar-refractivity contribution in [2.24, 2.45) is 0 Å². The first-order valence-corrected chi connectivity index (χ1v) is 7.24. The molecule has 0 saturated carbocycles. The second kappa shape index (κ2) is 6.87. The number of amides is 1. The monoisotopic (exact) mass is 371 g/mol. The van der Waals surface area contributed by atoms with Gasteiger partial charge in [0.15, 0.2) is 0 Å². The third-order valence-corrected chi connectivity index (χ3v) is 3.50. The van der Waals surface area contributed by atoms with E-state index in [4.69, 9.17) is 11.6 Å². The van der Waals surface area contributed by atoms with E-state index in [9.17, 15) is 9.18 Å². The number of benzene rings is 1. The smallest absolute Gasteiger partial charge is 0.255 e. The number of aromatic nitrogens is 1. The van der Waals surface area contributed by atoms with E-state index in [1.165, 1.54) is 12.1 Å². The molecule has 0 unspecified atom stereocenters. The first kappa shape index (κ1) is 15.7. The maximum atomic E-state index is 13.1. The largest absolute Gasteiger partial charge is 0.372 e. The molecule has 110 valence electrons. The minimum atomic E-state index is -0.486. The molecule has 2 N–H and O–H groups in total. The highest BCUT2D eigenvalue weighted by molar-refractivity contribution is 9.10. The molecule has 0 saturated heterocycles. The number of anilines is 1. The van der Waals surface area contributed by atoms with Crippen LogP contribution in [-0.2, 0) is 6.54 Å². The van der Waals surface area contributed by atoms with Gasteiger partial charge in [-0.3, -0.25) is 4.79 Å². The molecule has 7 heteroatoms. The average molecular weight is 373 g/mol. The van der Waals surface area contributed by atoms with Crippen LogP contribution in [0.5, 0.6) is 0 Å². The predicted octanol–water partition coefficient (Wildman–Crippen LogP) is 3.61. The molecule has 0 aliphatic heterocycles. The fraction of sp³-hybridized carbons (Fsp3) is 0.143. The van der Waals surface area contributed by atoms with Crippen LogP contribution in [0.15, 0.2) is 34.9 Å². The van der Waals surface area contributed by atoms with Gasteiger partial charge in [0.25, 0.3) is 5.91 Å². The minimum absolute atomic E-state index is 0.0294. The number of carbonyl (C=O) groups is 1. The maximum Gasteiger partial charge on any atom is 0.255 e. The lowest BCUT2D eigenvalue weighted by Crippen LogP contribution is -2.24. The summed E-state index contributed by atoms with van der Waals surface area (Å²) in [6, 6.07) is 5.99. The molecule has 0 atom stereocenters. The third-order valence-electron chi connectivity index (χ3n) is 2.77. The lowest BCUT2D eigenvalue weighted by atomic mass is 10.2. The number of rotatable bonds is 4. The summed E-state index contributed by atoms with van der Waals surface area (Å²) in [6.07, 6.45) is 1.60. The van der Waals surface area contributed by atoms with E-state index in [0.717, 1.165) is 0 Å². The molecule has 2 aromatic rings. The van der Waals surface area contributed by atoms with Gasteiger partial charge in [0.05, 0.1) is 10.6 Å². The molecule has 1 aromatic heterocycles. The lowest BCUT2D eigenvalue weighted by molar-refractivity contribution is 0.0951. The molecule has 0 spiro atoms. The van der Waals surface area contributed by atoms with Gasteiger partial charge >= 0.3 is 0 Å². The molecule has 1 heterocycles. The van der Waals surface area contributed by atoms with Gasteiger partial charge in [-0.15, -0.1) is 0 Å². The summed E-state index contributed by atoms with van der Waals surface area (Å²) < 4.78 is 13.8. The molecule has 1 amide bonds. The lowest BCUT2D eigenvalue weighted by Gasteiger charge is -2.10. The van der Waals surface area contributed by atoms with Gasteiger partial charge < -0.3 is 10.6 Å². The Bertz CT molecular complexity index is 681. The highest BCUT2D eigenvalue weighted by Crippen LogP contribution is 2.18. The van der Waals surface area contributed by atoms with Gasteiger partial charge in [0.1, 0.15) is 11.6 Å². The normalized spacial score (nSPS) is 10.3. The van der Waals surface area contributed by atoms with E-state index in [-0.39, 0.29) is 17.5 Å². The number of halogens is 3. The minimum Gasteiger partial charge on any atom is -0.372 e. The van der Waals surface area contributed by atoms with Crippen LogP contribution >= 0.6 is 27.5 Å². The van der Waals surface area contributed by atoms with Crippen LogP contribution in [0.2, 0.25) is 5.02 Å². The second-order valence-electron chi connectivity index (χ2n) is 4.23. The van der Waals surface area contributed by atoms with Crippen molar-refractivity contribution < 1.29 is 9.18 Å². The Morgan fingerprint density at radius 2 is 2.19 bits per heavy atom. The van der Waals surface area contributed by atoms with Crippen molar-refractivity contribution in [2.75, 3.05) is 12.4 Å². The predicted molar refractivity (Wildman–Crippen MR) is 84.1 cm³/mol. The Morgan fingerprint density at radius 1 is 1.43 bits per heavy atom. The summed E-state index contributed by atoms with van der Waals surface area (Å²) in [5.74, 6) is -0.290. The molecule has 0 aliphatic carbocycles. The zero-order valence-electron chi connectivity index (χ0n) is 11.1. The van der Waals surface area contributed by atoms with E-state index >= 15 is 0 Å². The summed E-state index contributed by atoms with van der Waals surface area (Å²) in [5.41, 5.74) is 1.13. The third kappa shape index (κ3) is 3.92. The standard InChI is InChI=1S/C14H12BrClFN3O/c1-18-13-10(5-9(15)7-19-13)14(21)20-6-8-2-3-12(17)11(16)4-8/h2-5,7H,6H2,1H3,(H,18,19)(H,20,21). The van der Waals surface area contributed by atoms with Gasteiger partial charge in [-0.25, -0.2) is 9.37 Å². The van der Waals surface area contributed by atoms with Crippen LogP contribution in [0.3, 0.4) is 0 Å². The van der Waals surface area contributed by atoms with Gasteiger partial charge in [-0.1, -0.05) is 17.7 Å². The van der Waals surface area contributed by atoms with Crippen LogP contribution in [0.1, 0.15) is 15.9 Å². The summed E-state index contributed by atoms with van der Waals surface area (Å²) in [4.78, 5) is 16.3. The zero-order valence-corrected chi connectivity index (χ0v) is 13.4. The van der Waals surface area contributed by atoms with Crippen LogP contribution in [0, 0.1) is 5.82 Å². The molecule has 4 nitrogen and oxygen atoms in total. The summed E-state index contributed by atoms with van der Waals surface area (Å²) in [5, 5.41) is 5.63. The number of nitrogens with zero attached hydrogens (tertiary/aromatic N) is 1. The quantitative estimate of drug-likeness (QED) is 0.862. The number of hydrogen-bond donors (Lipinski definition) is 2. The van der Waals surface area contributed by atoms with Crippen molar-refractivity contribution in [3.8, 4) is 0 Å². The molecule has 2 rings (SSSR count). The average Bonchev–Trinajstić information content (AvgIpc) is 2.48. The van der Waals surface area contributed by atoms with E-state index < -0.39 is 5.82 Å². The maximum absolute atomic E-state index is 13.1. The number of hydrogen-bond acceptors (Lipinski definition) is 3. The topological polar surface area (TPSA) is 54.0 Å². The van der Waals surface area contributed by atoms with Crippen molar-refractivity contribution in [1.82, 2.24) is 10.3 Å². The highest BCUT2D eigenvalue weighted by Gasteiger charge is 2.12. The Kier molecular flexibility index (Phi) is 5.14. The van der Waals surface area contributed by atoms with Crippen molar-refractivity contribution in [2.45, 2.75) is 6.54 Å². The molecule has 1 aromatic carbocycles. The van der Waals surface area contributed by atoms with E-state index in [1.54, 1.807) is 25.4 Å². The summed E-state index contributed by atoms with van der Waals surface area (Å²) >= 11 is 8.98. The van der Waals surface area contributed by atoms with E-state index in [2.05, 4.69) is 31.5 Å². The Morgan fingerprint density at radius 3 is 2.86 bits per heavy atom. The SMILES string of the molecule is CNc1ncc(Br)cc1C(=O)NCc1ccc(F)c(Cl)c1. The number of carbonyl (C=O) groups excluding carboxylic acids is 1. The Labute approximate surface area is 134 Å². The van der Waals surface area contributed by atoms with Gasteiger partial charge in [-0.05, 0) is 39.7 Å². The molecule has 0 fully saturated rings. The molecular weight excluding hydrogens is 361 g/mol. The van der Waals surface area contributed by atoms with Gasteiger partial charge in [-0.2, -0.15) is 0 Å². The van der Waals surface area contributed by atoms with Crippen molar-refractivity contribution in [3.05, 3.63) is 56.9 Å². The molecule has 0 bridgehead atoms. The van der Waals surface area contributed by atoms with Crippen LogP contribution in [0.25, 0.3) is 0 Å². The zero-order chi connectivity index (χ0) is 15.4. The molecule has 21 heavy (non-hydrogen) atoms. The second-order valence-corrected chi connectivity index (χ2v) is 5.55. The van der Waals surface area contributed by atoms with E-state index in [1.807, 2.05) is 0 Å². The van der Waals surface area contributed by atoms with Crippen molar-refractivity contribution >= 4 is 39.3 Å². The van der Waals surface area contributed by atoms with Gasteiger partial charge in [0.2, 0.25) is 0 Å². The molecular formula is C14H12BrClFN3O. The Balaban J connectivity index is 2.11. The Hall–Kier alpha value is -1.66. The van der Waals surface area contributed by atoms with Crippen LogP contribution < -0.4 is 10.6 Å². The first-order chi connectivity index (χ1) is 10.0. The number of pyridine rings is 1. The highest BCUT2D eigenvalue weighted by atomic mass is 79.9. The fourth-order valence-electron chi connectivity index (χ4n) is 1.74. The summed E-state index contributed by atoms with van der Waals surface area (Å²) in [7, 11) is 1.69. The van der Waals surface area contributed by atoms with Gasteiger partial charge in [0, 0.05) is 24.3 Å². The number of nitrogens with one attached hydrogen (secondary N) is 2. The van der Waals surface area contributed by atoms with Crippen LogP contribution in [0.4, 0.5) is 10.2 Å². The van der Waals surface area contributed by atoms with Crippen LogP contribution in [-0.4, -0.2) is 17.9 Å². The van der Waals surface area contributed by atoms with Crippen molar-refractivity contribution in [1.29, 1.82) is 0 Å². The fourth-order valence-corrected chi connectivity index (χ4v) is 2.27. The van der Waals surface area contributed by atoms with E-state index in [0.29, 0.717) is 21.4 Å². The molecule has 0 radical (unpaired) electrons. The van der Waals surface area contributed by atoms with Crippen molar-refractivity contribution in [3.63, 3.8) is 0 Å². The first-order valence-electron chi connectivity index (χ1n) is 6.06. The molecule has 0 aliphatic rings. The summed E-state index contributed by atoms with van der Waals surface area (Å²) in [6.45, 7) is 0.245.